The van der Waals surface area contributed by atoms with Crippen LogP contribution in [-0.4, -0.2) is 16.8 Å². The van der Waals surface area contributed by atoms with E-state index in [9.17, 15) is 9.59 Å². The Kier molecular flexibility index (Phi) is 8.17. The number of carbonyl (C=O) groups is 2. The summed E-state index contributed by atoms with van der Waals surface area (Å²) in [6.07, 6.45) is 7.06. The molecule has 174 valence electrons. The third-order valence-corrected chi connectivity index (χ3v) is 5.47. The van der Waals surface area contributed by atoms with Gasteiger partial charge in [0.1, 0.15) is 0 Å². The first-order valence-electron chi connectivity index (χ1n) is 11.5. The van der Waals surface area contributed by atoms with Crippen LogP contribution in [-0.2, 0) is 29.1 Å². The van der Waals surface area contributed by atoms with E-state index in [0.717, 1.165) is 27.9 Å². The van der Waals surface area contributed by atoms with Crippen molar-refractivity contribution in [3.05, 3.63) is 138 Å². The first-order chi connectivity index (χ1) is 17.2. The second-order valence-electron chi connectivity index (χ2n) is 8.14. The number of nitrogens with zero attached hydrogens (tertiary/aromatic N) is 2. The lowest BCUT2D eigenvalue weighted by Crippen LogP contribution is -2.29. The van der Waals surface area contributed by atoms with E-state index < -0.39 is 0 Å². The van der Waals surface area contributed by atoms with E-state index in [2.05, 4.69) is 10.3 Å². The fourth-order valence-corrected chi connectivity index (χ4v) is 3.67. The highest BCUT2D eigenvalue weighted by Crippen LogP contribution is 2.21. The lowest BCUT2D eigenvalue weighted by atomic mass is 10.1. The maximum Gasteiger partial charge on any atom is 0.251 e. The van der Waals surface area contributed by atoms with E-state index in [0.29, 0.717) is 13.1 Å². The van der Waals surface area contributed by atoms with Gasteiger partial charge in [0.2, 0.25) is 5.91 Å². The summed E-state index contributed by atoms with van der Waals surface area (Å²) in [5.74, 6) is -0.216. The summed E-state index contributed by atoms with van der Waals surface area (Å²) in [5.41, 5.74) is 4.51. The monoisotopic (exact) mass is 461 g/mol. The van der Waals surface area contributed by atoms with Crippen molar-refractivity contribution in [3.63, 3.8) is 0 Å². The number of anilines is 1. The number of aromatic nitrogens is 1. The summed E-state index contributed by atoms with van der Waals surface area (Å²) < 4.78 is 0. The Morgan fingerprint density at radius 2 is 1.51 bits per heavy atom. The molecule has 0 spiro atoms. The molecule has 4 aromatic rings. The second kappa shape index (κ2) is 12.1. The summed E-state index contributed by atoms with van der Waals surface area (Å²) in [5, 5.41) is 2.93. The number of benzene rings is 3. The van der Waals surface area contributed by atoms with Gasteiger partial charge in [-0.25, -0.2) is 0 Å². The third-order valence-electron chi connectivity index (χ3n) is 5.47. The summed E-state index contributed by atoms with van der Waals surface area (Å²) in [6.45, 7) is 0.852. The second-order valence-corrected chi connectivity index (χ2v) is 8.14. The van der Waals surface area contributed by atoms with Gasteiger partial charge < -0.3 is 10.2 Å². The van der Waals surface area contributed by atoms with Crippen molar-refractivity contribution in [1.29, 1.82) is 0 Å². The number of nitrogens with one attached hydrogen (secondary N) is 1. The molecule has 0 aliphatic heterocycles. The SMILES string of the molecule is O=C(Cc1cccc(N(Cc2ccccc2)C(=O)/C=C/c2ccccc2)c1)NCc1cccnc1. The van der Waals surface area contributed by atoms with Crippen LogP contribution in [0, 0.1) is 0 Å². The maximum atomic E-state index is 13.3. The highest BCUT2D eigenvalue weighted by Gasteiger charge is 2.15. The molecule has 3 aromatic carbocycles. The van der Waals surface area contributed by atoms with Crippen LogP contribution in [0.3, 0.4) is 0 Å². The molecule has 0 aliphatic carbocycles. The van der Waals surface area contributed by atoms with Crippen LogP contribution in [0.1, 0.15) is 22.3 Å². The molecule has 0 saturated carbocycles. The van der Waals surface area contributed by atoms with E-state index in [1.165, 1.54) is 0 Å². The quantitative estimate of drug-likeness (QED) is 0.349. The van der Waals surface area contributed by atoms with Gasteiger partial charge in [-0.1, -0.05) is 78.9 Å². The average molecular weight is 462 g/mol. The highest BCUT2D eigenvalue weighted by atomic mass is 16.2. The lowest BCUT2D eigenvalue weighted by molar-refractivity contribution is -0.120. The van der Waals surface area contributed by atoms with Crippen molar-refractivity contribution >= 4 is 23.6 Å². The molecular formula is C30H27N3O2. The maximum absolute atomic E-state index is 13.3. The molecule has 0 atom stereocenters. The summed E-state index contributed by atoms with van der Waals surface area (Å²) in [4.78, 5) is 31.6. The van der Waals surface area contributed by atoms with E-state index >= 15 is 0 Å². The van der Waals surface area contributed by atoms with Crippen molar-refractivity contribution in [2.24, 2.45) is 0 Å². The molecule has 0 bridgehead atoms. The smallest absolute Gasteiger partial charge is 0.251 e. The molecule has 1 N–H and O–H groups in total. The molecule has 0 radical (unpaired) electrons. The van der Waals surface area contributed by atoms with Gasteiger partial charge in [-0.05, 0) is 46.5 Å². The third kappa shape index (κ3) is 7.24. The van der Waals surface area contributed by atoms with Gasteiger partial charge >= 0.3 is 0 Å². The van der Waals surface area contributed by atoms with Crippen molar-refractivity contribution in [3.8, 4) is 0 Å². The van der Waals surface area contributed by atoms with Gasteiger partial charge in [0.05, 0.1) is 13.0 Å². The zero-order chi connectivity index (χ0) is 24.3. The van der Waals surface area contributed by atoms with Gasteiger partial charge in [0.25, 0.3) is 5.91 Å². The predicted molar refractivity (Wildman–Crippen MR) is 139 cm³/mol. The molecule has 5 nitrogen and oxygen atoms in total. The fraction of sp³-hybridized carbons (Fsp3) is 0.100. The Morgan fingerprint density at radius 1 is 0.800 bits per heavy atom. The van der Waals surface area contributed by atoms with E-state index in [1.54, 1.807) is 23.4 Å². The molecule has 0 fully saturated rings. The number of pyridine rings is 1. The number of amides is 2. The minimum absolute atomic E-state index is 0.0871. The lowest BCUT2D eigenvalue weighted by Gasteiger charge is -2.22. The van der Waals surface area contributed by atoms with Gasteiger partial charge in [0.15, 0.2) is 0 Å². The van der Waals surface area contributed by atoms with Crippen LogP contribution in [0.5, 0.6) is 0 Å². The van der Waals surface area contributed by atoms with Crippen LogP contribution in [0.15, 0.2) is 116 Å². The van der Waals surface area contributed by atoms with E-state index in [-0.39, 0.29) is 18.2 Å². The van der Waals surface area contributed by atoms with Crippen molar-refractivity contribution in [2.75, 3.05) is 4.90 Å². The Balaban J connectivity index is 1.50. The molecule has 5 heteroatoms. The normalized spacial score (nSPS) is 10.7. The number of carbonyl (C=O) groups excluding carboxylic acids is 2. The summed E-state index contributed by atoms with van der Waals surface area (Å²) >= 11 is 0. The Morgan fingerprint density at radius 3 is 2.26 bits per heavy atom. The Bertz CT molecular complexity index is 1270. The van der Waals surface area contributed by atoms with Crippen LogP contribution >= 0.6 is 0 Å². The standard InChI is InChI=1S/C30H27N3O2/c34-29(32-22-27-14-8-18-31-21-27)20-26-13-7-15-28(19-26)33(23-25-11-5-2-6-12-25)30(35)17-16-24-9-3-1-4-10-24/h1-19,21H,20,22-23H2,(H,32,34)/b17-16+. The minimum Gasteiger partial charge on any atom is -0.352 e. The van der Waals surface area contributed by atoms with Crippen LogP contribution < -0.4 is 10.2 Å². The molecule has 0 saturated heterocycles. The molecule has 0 aliphatic rings. The molecule has 1 aromatic heterocycles. The number of hydrogen-bond acceptors (Lipinski definition) is 3. The van der Waals surface area contributed by atoms with Crippen molar-refractivity contribution in [1.82, 2.24) is 10.3 Å². The van der Waals surface area contributed by atoms with Crippen LogP contribution in [0.2, 0.25) is 0 Å². The van der Waals surface area contributed by atoms with Crippen molar-refractivity contribution in [2.45, 2.75) is 19.5 Å². The molecule has 2 amide bonds. The van der Waals surface area contributed by atoms with Gasteiger partial charge in [0, 0.05) is 30.7 Å². The van der Waals surface area contributed by atoms with E-state index in [4.69, 9.17) is 0 Å². The van der Waals surface area contributed by atoms with E-state index in [1.807, 2.05) is 103 Å². The average Bonchev–Trinajstić information content (AvgIpc) is 2.91. The van der Waals surface area contributed by atoms with Gasteiger partial charge in [-0.3, -0.25) is 14.6 Å². The van der Waals surface area contributed by atoms with Crippen LogP contribution in [0.25, 0.3) is 6.08 Å². The first kappa shape index (κ1) is 23.6. The summed E-state index contributed by atoms with van der Waals surface area (Å²) in [7, 11) is 0. The zero-order valence-corrected chi connectivity index (χ0v) is 19.4. The molecule has 1 heterocycles. The van der Waals surface area contributed by atoms with Gasteiger partial charge in [-0.2, -0.15) is 0 Å². The molecule has 0 unspecified atom stereocenters. The largest absolute Gasteiger partial charge is 0.352 e. The minimum atomic E-state index is -0.129. The zero-order valence-electron chi connectivity index (χ0n) is 19.4. The molecule has 35 heavy (non-hydrogen) atoms. The number of rotatable bonds is 9. The predicted octanol–water partition coefficient (Wildman–Crippen LogP) is 5.19. The molecular weight excluding hydrogens is 434 g/mol. The van der Waals surface area contributed by atoms with Gasteiger partial charge in [-0.15, -0.1) is 0 Å². The summed E-state index contributed by atoms with van der Waals surface area (Å²) in [6, 6.07) is 30.9. The number of hydrogen-bond donors (Lipinski definition) is 1. The highest BCUT2D eigenvalue weighted by molar-refractivity contribution is 6.03. The molecule has 4 rings (SSSR count). The van der Waals surface area contributed by atoms with Crippen molar-refractivity contribution < 1.29 is 9.59 Å². The first-order valence-corrected chi connectivity index (χ1v) is 11.5. The fourth-order valence-electron chi connectivity index (χ4n) is 3.67. The topological polar surface area (TPSA) is 62.3 Å². The Hall–Kier alpha value is -4.51. The Labute approximate surface area is 205 Å². The van der Waals surface area contributed by atoms with Crippen LogP contribution in [0.4, 0.5) is 5.69 Å².